The van der Waals surface area contributed by atoms with E-state index in [4.69, 9.17) is 0 Å². The molecular formula is C15H20O. The maximum absolute atomic E-state index is 12.2. The Morgan fingerprint density at radius 2 is 1.94 bits per heavy atom. The Morgan fingerprint density at radius 1 is 1.25 bits per heavy atom. The molecule has 1 saturated carbocycles. The predicted octanol–water partition coefficient (Wildman–Crippen LogP) is 3.94. The highest BCUT2D eigenvalue weighted by molar-refractivity contribution is 5.99. The lowest BCUT2D eigenvalue weighted by atomic mass is 10.0. The average molecular weight is 216 g/mol. The summed E-state index contributed by atoms with van der Waals surface area (Å²) < 4.78 is 0. The van der Waals surface area contributed by atoms with E-state index in [1.807, 2.05) is 30.3 Å². The molecule has 1 aliphatic rings. The third-order valence-electron chi connectivity index (χ3n) is 3.81. The van der Waals surface area contributed by atoms with Crippen molar-refractivity contribution in [2.75, 3.05) is 0 Å². The first-order valence-electron chi connectivity index (χ1n) is 6.35. The van der Waals surface area contributed by atoms with E-state index < -0.39 is 0 Å². The number of hydrogen-bond acceptors (Lipinski definition) is 1. The average Bonchev–Trinajstić information content (AvgIpc) is 2.97. The number of rotatable bonds is 5. The van der Waals surface area contributed by atoms with Gasteiger partial charge in [0.15, 0.2) is 5.78 Å². The molecule has 0 spiro atoms. The first-order chi connectivity index (χ1) is 7.75. The molecule has 1 nitrogen and oxygen atoms in total. The van der Waals surface area contributed by atoms with Crippen molar-refractivity contribution < 1.29 is 4.79 Å². The summed E-state index contributed by atoms with van der Waals surface area (Å²) in [7, 11) is 0. The lowest BCUT2D eigenvalue weighted by molar-refractivity contribution is 0.0956. The van der Waals surface area contributed by atoms with E-state index in [9.17, 15) is 4.79 Å². The van der Waals surface area contributed by atoms with E-state index in [0.717, 1.165) is 5.56 Å². The molecule has 0 unspecified atom stereocenters. The van der Waals surface area contributed by atoms with Crippen molar-refractivity contribution in [1.82, 2.24) is 0 Å². The van der Waals surface area contributed by atoms with E-state index in [1.54, 1.807) is 0 Å². The molecule has 1 fully saturated rings. The summed E-state index contributed by atoms with van der Waals surface area (Å²) >= 11 is 0. The van der Waals surface area contributed by atoms with Crippen LogP contribution in [0.1, 0.15) is 43.5 Å². The largest absolute Gasteiger partial charge is 0.294 e. The number of carbonyl (C=O) groups excluding carboxylic acids is 1. The SMILES string of the molecule is CCCC[C@H]1[C@H](C)[C@H]1C(=O)c1ccccc1. The van der Waals surface area contributed by atoms with Crippen LogP contribution in [0.4, 0.5) is 0 Å². The van der Waals surface area contributed by atoms with Gasteiger partial charge in [-0.05, 0) is 18.3 Å². The van der Waals surface area contributed by atoms with Crippen LogP contribution >= 0.6 is 0 Å². The third-order valence-corrected chi connectivity index (χ3v) is 3.81. The van der Waals surface area contributed by atoms with Gasteiger partial charge in [0.05, 0.1) is 0 Å². The minimum Gasteiger partial charge on any atom is -0.294 e. The Bertz CT molecular complexity index is 355. The predicted molar refractivity (Wildman–Crippen MR) is 66.4 cm³/mol. The van der Waals surface area contributed by atoms with Crippen molar-refractivity contribution in [2.45, 2.75) is 33.1 Å². The van der Waals surface area contributed by atoms with Gasteiger partial charge in [-0.3, -0.25) is 4.79 Å². The molecule has 1 aromatic rings. The molecule has 0 N–H and O–H groups in total. The summed E-state index contributed by atoms with van der Waals surface area (Å²) in [5, 5.41) is 0. The molecule has 1 heteroatoms. The minimum absolute atomic E-state index is 0.300. The van der Waals surface area contributed by atoms with Crippen LogP contribution in [0.25, 0.3) is 0 Å². The quantitative estimate of drug-likeness (QED) is 0.681. The van der Waals surface area contributed by atoms with Gasteiger partial charge in [0.1, 0.15) is 0 Å². The van der Waals surface area contributed by atoms with Gasteiger partial charge in [0, 0.05) is 11.5 Å². The Labute approximate surface area is 97.9 Å². The summed E-state index contributed by atoms with van der Waals surface area (Å²) in [4.78, 5) is 12.2. The molecule has 0 saturated heterocycles. The van der Waals surface area contributed by atoms with E-state index in [2.05, 4.69) is 13.8 Å². The van der Waals surface area contributed by atoms with Crippen molar-refractivity contribution in [3.8, 4) is 0 Å². The second kappa shape index (κ2) is 4.82. The zero-order valence-electron chi connectivity index (χ0n) is 10.1. The minimum atomic E-state index is 0.300. The van der Waals surface area contributed by atoms with Gasteiger partial charge in [-0.15, -0.1) is 0 Å². The van der Waals surface area contributed by atoms with Crippen LogP contribution in [-0.2, 0) is 0 Å². The molecule has 2 rings (SSSR count). The molecule has 0 amide bonds. The van der Waals surface area contributed by atoms with Crippen molar-refractivity contribution in [2.24, 2.45) is 17.8 Å². The molecule has 0 bridgehead atoms. The maximum Gasteiger partial charge on any atom is 0.166 e. The van der Waals surface area contributed by atoms with Crippen LogP contribution in [0.5, 0.6) is 0 Å². The summed E-state index contributed by atoms with van der Waals surface area (Å²) in [6.45, 7) is 4.42. The number of carbonyl (C=O) groups is 1. The van der Waals surface area contributed by atoms with Crippen LogP contribution < -0.4 is 0 Å². The Balaban J connectivity index is 1.97. The van der Waals surface area contributed by atoms with E-state index in [-0.39, 0.29) is 0 Å². The second-order valence-electron chi connectivity index (χ2n) is 4.92. The second-order valence-corrected chi connectivity index (χ2v) is 4.92. The number of ketones is 1. The fourth-order valence-electron chi connectivity index (χ4n) is 2.66. The van der Waals surface area contributed by atoms with Crippen molar-refractivity contribution in [3.05, 3.63) is 35.9 Å². The van der Waals surface area contributed by atoms with E-state index in [0.29, 0.717) is 23.5 Å². The molecule has 0 aliphatic heterocycles. The van der Waals surface area contributed by atoms with Crippen LogP contribution in [-0.4, -0.2) is 5.78 Å². The molecule has 1 aromatic carbocycles. The highest BCUT2D eigenvalue weighted by Gasteiger charge is 2.50. The molecule has 0 radical (unpaired) electrons. The lowest BCUT2D eigenvalue weighted by Crippen LogP contribution is -2.03. The maximum atomic E-state index is 12.2. The summed E-state index contributed by atoms with van der Waals surface area (Å²) in [5.41, 5.74) is 0.887. The molecule has 0 aromatic heterocycles. The first kappa shape index (κ1) is 11.4. The van der Waals surface area contributed by atoms with Gasteiger partial charge in [-0.2, -0.15) is 0 Å². The van der Waals surface area contributed by atoms with Gasteiger partial charge in [0.2, 0.25) is 0 Å². The highest BCUT2D eigenvalue weighted by atomic mass is 16.1. The Hall–Kier alpha value is -1.11. The van der Waals surface area contributed by atoms with E-state index >= 15 is 0 Å². The topological polar surface area (TPSA) is 17.1 Å². The number of Topliss-reactive ketones (excluding diaryl/α,β-unsaturated/α-hetero) is 1. The molecule has 3 atom stereocenters. The van der Waals surface area contributed by atoms with Crippen LogP contribution in [0, 0.1) is 17.8 Å². The fraction of sp³-hybridized carbons (Fsp3) is 0.533. The first-order valence-corrected chi connectivity index (χ1v) is 6.35. The Morgan fingerprint density at radius 3 is 2.56 bits per heavy atom. The molecule has 16 heavy (non-hydrogen) atoms. The Kier molecular flexibility index (Phi) is 3.42. The zero-order chi connectivity index (χ0) is 11.5. The molecular weight excluding hydrogens is 196 g/mol. The number of hydrogen-bond donors (Lipinski definition) is 0. The molecule has 86 valence electrons. The monoisotopic (exact) mass is 216 g/mol. The molecule has 1 aliphatic carbocycles. The summed E-state index contributed by atoms with van der Waals surface area (Å²) in [6.07, 6.45) is 3.71. The number of unbranched alkanes of at least 4 members (excludes halogenated alkanes) is 1. The van der Waals surface area contributed by atoms with Gasteiger partial charge < -0.3 is 0 Å². The zero-order valence-corrected chi connectivity index (χ0v) is 10.1. The lowest BCUT2D eigenvalue weighted by Gasteiger charge is -1.99. The van der Waals surface area contributed by atoms with Crippen LogP contribution in [0.3, 0.4) is 0 Å². The summed E-state index contributed by atoms with van der Waals surface area (Å²) in [5.74, 6) is 1.90. The normalized spacial score (nSPS) is 27.8. The van der Waals surface area contributed by atoms with Gasteiger partial charge in [-0.1, -0.05) is 57.0 Å². The van der Waals surface area contributed by atoms with Crippen LogP contribution in [0.15, 0.2) is 30.3 Å². The standard InChI is InChI=1S/C15H20O/c1-3-4-10-13-11(2)14(13)15(16)12-8-6-5-7-9-12/h5-9,11,13-14H,3-4,10H2,1-2H3/t11-,13-,14+/m0/s1. The fourth-order valence-corrected chi connectivity index (χ4v) is 2.66. The van der Waals surface area contributed by atoms with Gasteiger partial charge >= 0.3 is 0 Å². The number of benzene rings is 1. The highest BCUT2D eigenvalue weighted by Crippen LogP contribution is 2.50. The smallest absolute Gasteiger partial charge is 0.166 e. The van der Waals surface area contributed by atoms with E-state index in [1.165, 1.54) is 19.3 Å². The van der Waals surface area contributed by atoms with Gasteiger partial charge in [-0.25, -0.2) is 0 Å². The summed E-state index contributed by atoms with van der Waals surface area (Å²) in [6, 6.07) is 9.72. The van der Waals surface area contributed by atoms with Crippen molar-refractivity contribution in [1.29, 1.82) is 0 Å². The van der Waals surface area contributed by atoms with Crippen molar-refractivity contribution >= 4 is 5.78 Å². The molecule has 0 heterocycles. The third kappa shape index (κ3) is 2.18. The van der Waals surface area contributed by atoms with Crippen molar-refractivity contribution in [3.63, 3.8) is 0 Å². The van der Waals surface area contributed by atoms with Crippen LogP contribution in [0.2, 0.25) is 0 Å². The van der Waals surface area contributed by atoms with Gasteiger partial charge in [0.25, 0.3) is 0 Å².